The molecule has 0 unspecified atom stereocenters. The molecular formula is C31H26N2. The van der Waals surface area contributed by atoms with Gasteiger partial charge in [0.05, 0.1) is 11.5 Å². The van der Waals surface area contributed by atoms with Crippen molar-refractivity contribution in [3.8, 4) is 6.07 Å². The van der Waals surface area contributed by atoms with E-state index in [0.29, 0.717) is 12.8 Å². The Morgan fingerprint density at radius 3 is 1.64 bits per heavy atom. The first-order valence-corrected chi connectivity index (χ1v) is 11.4. The van der Waals surface area contributed by atoms with Gasteiger partial charge in [-0.1, -0.05) is 109 Å². The molecule has 160 valence electrons. The number of nitriles is 1. The minimum absolute atomic E-state index is 0.665. The van der Waals surface area contributed by atoms with E-state index in [1.807, 2.05) is 18.2 Å². The predicted octanol–water partition coefficient (Wildman–Crippen LogP) is 6.94. The maximum absolute atomic E-state index is 10.8. The van der Waals surface area contributed by atoms with E-state index in [9.17, 15) is 5.26 Å². The lowest BCUT2D eigenvalue weighted by atomic mass is 9.72. The molecule has 0 aliphatic carbocycles. The molecule has 0 amide bonds. The monoisotopic (exact) mass is 426 g/mol. The lowest BCUT2D eigenvalue weighted by Gasteiger charge is -2.27. The molecule has 0 saturated heterocycles. The van der Waals surface area contributed by atoms with Crippen LogP contribution in [0.4, 0.5) is 0 Å². The van der Waals surface area contributed by atoms with Gasteiger partial charge in [-0.2, -0.15) is 5.26 Å². The fourth-order valence-electron chi connectivity index (χ4n) is 4.82. The number of nitrogens with zero attached hydrogens (tertiary/aromatic N) is 2. The number of hydrogen-bond acceptors (Lipinski definition) is 1. The molecule has 0 aliphatic heterocycles. The van der Waals surface area contributed by atoms with Crippen molar-refractivity contribution in [1.82, 2.24) is 4.57 Å². The topological polar surface area (TPSA) is 28.7 Å². The molecule has 0 radical (unpaired) electrons. The van der Waals surface area contributed by atoms with Crippen LogP contribution in [-0.4, -0.2) is 4.57 Å². The number of benzene rings is 4. The predicted molar refractivity (Wildman–Crippen MR) is 135 cm³/mol. The standard InChI is InChI=1S/C31H26N2/c32-24-31(20-25-12-4-1-5-13-25,21-26-14-6-2-7-15-26)29-23-33(22-27-16-8-3-9-17-27)30-19-11-10-18-28(29)30/h1-19,23H,20-22H2. The number of aromatic nitrogens is 1. The highest BCUT2D eigenvalue weighted by Gasteiger charge is 2.36. The Balaban J connectivity index is 1.67. The van der Waals surface area contributed by atoms with Gasteiger partial charge < -0.3 is 4.57 Å². The summed E-state index contributed by atoms with van der Waals surface area (Å²) in [6.45, 7) is 0.777. The molecule has 1 heterocycles. The molecule has 0 atom stereocenters. The summed E-state index contributed by atoms with van der Waals surface area (Å²) >= 11 is 0. The average Bonchev–Trinajstić information content (AvgIpc) is 3.24. The molecule has 0 fully saturated rings. The first-order chi connectivity index (χ1) is 16.3. The summed E-state index contributed by atoms with van der Waals surface area (Å²) in [5.74, 6) is 0. The van der Waals surface area contributed by atoms with E-state index < -0.39 is 5.41 Å². The fraction of sp³-hybridized carbons (Fsp3) is 0.129. The van der Waals surface area contributed by atoms with Crippen molar-refractivity contribution in [2.45, 2.75) is 24.8 Å². The van der Waals surface area contributed by atoms with Crippen molar-refractivity contribution in [1.29, 1.82) is 5.26 Å². The van der Waals surface area contributed by atoms with Gasteiger partial charge in [0.15, 0.2) is 0 Å². The van der Waals surface area contributed by atoms with Gasteiger partial charge in [0.2, 0.25) is 0 Å². The summed E-state index contributed by atoms with van der Waals surface area (Å²) < 4.78 is 2.29. The van der Waals surface area contributed by atoms with Crippen molar-refractivity contribution in [3.05, 3.63) is 144 Å². The highest BCUT2D eigenvalue weighted by molar-refractivity contribution is 5.86. The number of rotatable bonds is 7. The highest BCUT2D eigenvalue weighted by Crippen LogP contribution is 2.38. The second-order valence-corrected chi connectivity index (χ2v) is 8.69. The first kappa shape index (κ1) is 20.8. The van der Waals surface area contributed by atoms with E-state index in [1.165, 1.54) is 16.7 Å². The van der Waals surface area contributed by atoms with Crippen molar-refractivity contribution in [3.63, 3.8) is 0 Å². The van der Waals surface area contributed by atoms with Crippen LogP contribution in [0.15, 0.2) is 121 Å². The van der Waals surface area contributed by atoms with E-state index in [0.717, 1.165) is 23.0 Å². The summed E-state index contributed by atoms with van der Waals surface area (Å²) in [6, 6.07) is 42.5. The quantitative estimate of drug-likeness (QED) is 0.277. The molecule has 33 heavy (non-hydrogen) atoms. The van der Waals surface area contributed by atoms with Gasteiger partial charge in [0.25, 0.3) is 0 Å². The fourth-order valence-corrected chi connectivity index (χ4v) is 4.82. The summed E-state index contributed by atoms with van der Waals surface area (Å²) in [5.41, 5.74) is 5.19. The van der Waals surface area contributed by atoms with Crippen molar-refractivity contribution >= 4 is 10.9 Å². The molecule has 2 nitrogen and oxygen atoms in total. The van der Waals surface area contributed by atoms with Crippen LogP contribution in [0.1, 0.15) is 22.3 Å². The zero-order valence-electron chi connectivity index (χ0n) is 18.6. The molecule has 4 aromatic carbocycles. The van der Waals surface area contributed by atoms with Crippen LogP contribution in [0, 0.1) is 11.3 Å². The van der Waals surface area contributed by atoms with Crippen LogP contribution in [0.2, 0.25) is 0 Å². The van der Waals surface area contributed by atoms with Crippen molar-refractivity contribution in [2.75, 3.05) is 0 Å². The van der Waals surface area contributed by atoms with Gasteiger partial charge in [0.1, 0.15) is 0 Å². The Labute approximate surface area is 195 Å². The summed E-state index contributed by atoms with van der Waals surface area (Å²) in [4.78, 5) is 0. The van der Waals surface area contributed by atoms with Gasteiger partial charge in [-0.15, -0.1) is 0 Å². The second kappa shape index (κ2) is 9.18. The molecule has 5 aromatic rings. The molecule has 5 rings (SSSR count). The molecule has 0 N–H and O–H groups in total. The molecule has 0 saturated carbocycles. The maximum atomic E-state index is 10.8. The first-order valence-electron chi connectivity index (χ1n) is 11.4. The zero-order valence-corrected chi connectivity index (χ0v) is 18.6. The molecule has 0 spiro atoms. The Morgan fingerprint density at radius 1 is 0.606 bits per heavy atom. The summed E-state index contributed by atoms with van der Waals surface area (Å²) in [5, 5.41) is 11.9. The second-order valence-electron chi connectivity index (χ2n) is 8.69. The van der Waals surface area contributed by atoms with Crippen molar-refractivity contribution < 1.29 is 0 Å². The number of hydrogen-bond donors (Lipinski definition) is 0. The van der Waals surface area contributed by atoms with E-state index >= 15 is 0 Å². The Morgan fingerprint density at radius 2 is 1.09 bits per heavy atom. The van der Waals surface area contributed by atoms with Gasteiger partial charge in [-0.05, 0) is 41.2 Å². The minimum Gasteiger partial charge on any atom is -0.343 e. The Hall–Kier alpha value is -4.09. The number of fused-ring (bicyclic) bond motifs is 1. The van der Waals surface area contributed by atoms with Crippen LogP contribution in [0.25, 0.3) is 10.9 Å². The lowest BCUT2D eigenvalue weighted by Crippen LogP contribution is -2.30. The van der Waals surface area contributed by atoms with Crippen LogP contribution in [0.3, 0.4) is 0 Å². The third-order valence-electron chi connectivity index (χ3n) is 6.41. The minimum atomic E-state index is -0.676. The molecule has 0 aliphatic rings. The third-order valence-corrected chi connectivity index (χ3v) is 6.41. The Kier molecular flexibility index (Phi) is 5.79. The van der Waals surface area contributed by atoms with E-state index in [4.69, 9.17) is 0 Å². The van der Waals surface area contributed by atoms with E-state index in [-0.39, 0.29) is 0 Å². The lowest BCUT2D eigenvalue weighted by molar-refractivity contribution is 0.543. The highest BCUT2D eigenvalue weighted by atomic mass is 15.0. The molecule has 2 heteroatoms. The van der Waals surface area contributed by atoms with Crippen molar-refractivity contribution in [2.24, 2.45) is 0 Å². The Bertz CT molecular complexity index is 1340. The summed E-state index contributed by atoms with van der Waals surface area (Å²) in [7, 11) is 0. The summed E-state index contributed by atoms with van der Waals surface area (Å²) in [6.07, 6.45) is 3.55. The van der Waals surface area contributed by atoms with Crippen LogP contribution >= 0.6 is 0 Å². The maximum Gasteiger partial charge on any atom is 0.0923 e. The SMILES string of the molecule is N#CC(Cc1ccccc1)(Cc1ccccc1)c1cn(Cc2ccccc2)c2ccccc12. The third kappa shape index (κ3) is 4.31. The number of para-hydroxylation sites is 1. The van der Waals surface area contributed by atoms with E-state index in [1.54, 1.807) is 0 Å². The average molecular weight is 427 g/mol. The largest absolute Gasteiger partial charge is 0.343 e. The molecular weight excluding hydrogens is 400 g/mol. The van der Waals surface area contributed by atoms with Crippen LogP contribution in [0.5, 0.6) is 0 Å². The van der Waals surface area contributed by atoms with Crippen LogP contribution < -0.4 is 0 Å². The zero-order chi connectivity index (χ0) is 22.5. The van der Waals surface area contributed by atoms with Gasteiger partial charge >= 0.3 is 0 Å². The van der Waals surface area contributed by atoms with Gasteiger partial charge in [-0.25, -0.2) is 0 Å². The van der Waals surface area contributed by atoms with Gasteiger partial charge in [0, 0.05) is 23.6 Å². The van der Waals surface area contributed by atoms with Crippen LogP contribution in [-0.2, 0) is 24.8 Å². The molecule has 1 aromatic heterocycles. The van der Waals surface area contributed by atoms with E-state index in [2.05, 4.69) is 114 Å². The van der Waals surface area contributed by atoms with Gasteiger partial charge in [-0.3, -0.25) is 0 Å². The normalized spacial score (nSPS) is 11.4. The molecule has 0 bridgehead atoms. The smallest absolute Gasteiger partial charge is 0.0923 e.